The first kappa shape index (κ1) is 17.8. The Bertz CT molecular complexity index is 833. The maximum absolute atomic E-state index is 12.1. The summed E-state index contributed by atoms with van der Waals surface area (Å²) in [5.41, 5.74) is 10.0. The molecule has 1 heterocycles. The van der Waals surface area contributed by atoms with Crippen molar-refractivity contribution < 1.29 is 14.3 Å². The highest BCUT2D eigenvalue weighted by Gasteiger charge is 2.15. The highest BCUT2D eigenvalue weighted by Crippen LogP contribution is 2.27. The Morgan fingerprint density at radius 2 is 2.08 bits per heavy atom. The van der Waals surface area contributed by atoms with Gasteiger partial charge in [0.1, 0.15) is 5.75 Å². The molecule has 0 saturated heterocycles. The van der Waals surface area contributed by atoms with E-state index in [1.807, 2.05) is 37.3 Å². The minimum Gasteiger partial charge on any atom is -0.494 e. The summed E-state index contributed by atoms with van der Waals surface area (Å²) in [5.74, 6) is 0.745. The molecule has 0 saturated carbocycles. The van der Waals surface area contributed by atoms with E-state index in [9.17, 15) is 9.59 Å². The van der Waals surface area contributed by atoms with Crippen LogP contribution in [0.2, 0.25) is 0 Å². The van der Waals surface area contributed by atoms with E-state index in [0.29, 0.717) is 31.6 Å². The standard InChI is InChI=1S/C20H23N3O3/c1-13-4-6-15(21)12-18(13)23-19(24)3-2-10-26-16-7-8-17-14(11-16)5-9-20(25)22-17/h4,6-8,11-12H,2-3,5,9-10,21H2,1H3,(H,22,25)(H,23,24). The third-order valence-electron chi connectivity index (χ3n) is 4.32. The minimum atomic E-state index is -0.0598. The number of anilines is 3. The SMILES string of the molecule is Cc1ccc(N)cc1NC(=O)CCCOc1ccc2c(c1)CCC(=O)N2. The van der Waals surface area contributed by atoms with Crippen molar-refractivity contribution in [2.75, 3.05) is 23.0 Å². The number of nitrogens with one attached hydrogen (secondary N) is 2. The second kappa shape index (κ2) is 7.91. The van der Waals surface area contributed by atoms with Gasteiger partial charge >= 0.3 is 0 Å². The lowest BCUT2D eigenvalue weighted by atomic mass is 10.0. The van der Waals surface area contributed by atoms with E-state index in [1.165, 1.54) is 0 Å². The van der Waals surface area contributed by atoms with Crippen molar-refractivity contribution in [3.05, 3.63) is 47.5 Å². The van der Waals surface area contributed by atoms with Crippen LogP contribution in [0.15, 0.2) is 36.4 Å². The van der Waals surface area contributed by atoms with Gasteiger partial charge in [0.2, 0.25) is 11.8 Å². The molecular weight excluding hydrogens is 330 g/mol. The summed E-state index contributed by atoms with van der Waals surface area (Å²) in [6.07, 6.45) is 2.20. The highest BCUT2D eigenvalue weighted by atomic mass is 16.5. The van der Waals surface area contributed by atoms with Gasteiger partial charge in [0.05, 0.1) is 6.61 Å². The zero-order valence-corrected chi connectivity index (χ0v) is 14.8. The van der Waals surface area contributed by atoms with Crippen LogP contribution in [0.25, 0.3) is 0 Å². The van der Waals surface area contributed by atoms with E-state index in [1.54, 1.807) is 6.07 Å². The smallest absolute Gasteiger partial charge is 0.224 e. The second-order valence-corrected chi connectivity index (χ2v) is 6.44. The number of aryl methyl sites for hydroxylation is 2. The molecule has 2 aromatic rings. The van der Waals surface area contributed by atoms with Crippen molar-refractivity contribution >= 4 is 28.9 Å². The van der Waals surface area contributed by atoms with Crippen LogP contribution < -0.4 is 21.1 Å². The Balaban J connectivity index is 1.44. The summed E-state index contributed by atoms with van der Waals surface area (Å²) in [5, 5.41) is 5.72. The predicted molar refractivity (Wildman–Crippen MR) is 102 cm³/mol. The van der Waals surface area contributed by atoms with Crippen LogP contribution in [-0.4, -0.2) is 18.4 Å². The first-order chi connectivity index (χ1) is 12.5. The number of hydrogen-bond donors (Lipinski definition) is 3. The fourth-order valence-electron chi connectivity index (χ4n) is 2.86. The van der Waals surface area contributed by atoms with Gasteiger partial charge in [-0.15, -0.1) is 0 Å². The number of nitrogen functional groups attached to an aromatic ring is 1. The molecule has 0 bridgehead atoms. The van der Waals surface area contributed by atoms with Gasteiger partial charge < -0.3 is 21.1 Å². The van der Waals surface area contributed by atoms with E-state index in [4.69, 9.17) is 10.5 Å². The zero-order valence-electron chi connectivity index (χ0n) is 14.8. The first-order valence-corrected chi connectivity index (χ1v) is 8.73. The van der Waals surface area contributed by atoms with Gasteiger partial charge in [0.15, 0.2) is 0 Å². The summed E-state index contributed by atoms with van der Waals surface area (Å²) in [7, 11) is 0. The lowest BCUT2D eigenvalue weighted by Gasteiger charge is -2.17. The van der Waals surface area contributed by atoms with E-state index < -0.39 is 0 Å². The maximum Gasteiger partial charge on any atom is 0.224 e. The van der Waals surface area contributed by atoms with Crippen molar-refractivity contribution in [3.63, 3.8) is 0 Å². The predicted octanol–water partition coefficient (Wildman–Crippen LogP) is 3.26. The molecule has 1 aliphatic rings. The maximum atomic E-state index is 12.1. The molecule has 3 rings (SSSR count). The van der Waals surface area contributed by atoms with Crippen molar-refractivity contribution in [2.24, 2.45) is 0 Å². The number of nitrogens with two attached hydrogens (primary N) is 1. The Morgan fingerprint density at radius 1 is 1.23 bits per heavy atom. The van der Waals surface area contributed by atoms with Crippen LogP contribution in [0, 0.1) is 6.92 Å². The molecule has 26 heavy (non-hydrogen) atoms. The average Bonchev–Trinajstić information content (AvgIpc) is 2.62. The third kappa shape index (κ3) is 4.53. The third-order valence-corrected chi connectivity index (χ3v) is 4.32. The summed E-state index contributed by atoms with van der Waals surface area (Å²) >= 11 is 0. The second-order valence-electron chi connectivity index (χ2n) is 6.44. The van der Waals surface area contributed by atoms with Crippen LogP contribution in [0.1, 0.15) is 30.4 Å². The van der Waals surface area contributed by atoms with Gasteiger partial charge in [-0.2, -0.15) is 0 Å². The normalized spacial score (nSPS) is 12.9. The van der Waals surface area contributed by atoms with Crippen molar-refractivity contribution in [1.82, 2.24) is 0 Å². The summed E-state index contributed by atoms with van der Waals surface area (Å²) in [6, 6.07) is 11.1. The monoisotopic (exact) mass is 353 g/mol. The molecule has 0 aliphatic carbocycles. The number of ether oxygens (including phenoxy) is 1. The minimum absolute atomic E-state index is 0.0487. The molecule has 0 atom stereocenters. The summed E-state index contributed by atoms with van der Waals surface area (Å²) in [6.45, 7) is 2.38. The summed E-state index contributed by atoms with van der Waals surface area (Å²) in [4.78, 5) is 23.4. The number of hydrogen-bond acceptors (Lipinski definition) is 4. The molecule has 0 radical (unpaired) electrons. The largest absolute Gasteiger partial charge is 0.494 e. The molecule has 136 valence electrons. The molecular formula is C20H23N3O3. The molecule has 6 heteroatoms. The number of amides is 2. The van der Waals surface area contributed by atoms with Crippen molar-refractivity contribution in [1.29, 1.82) is 0 Å². The fourth-order valence-corrected chi connectivity index (χ4v) is 2.86. The Kier molecular flexibility index (Phi) is 5.41. The number of fused-ring (bicyclic) bond motifs is 1. The molecule has 6 nitrogen and oxygen atoms in total. The lowest BCUT2D eigenvalue weighted by molar-refractivity contribution is -0.117. The zero-order chi connectivity index (χ0) is 18.5. The Labute approximate surface area is 152 Å². The van der Waals surface area contributed by atoms with Gasteiger partial charge in [-0.25, -0.2) is 0 Å². The molecule has 0 fully saturated rings. The lowest BCUT2D eigenvalue weighted by Crippen LogP contribution is -2.18. The van der Waals surface area contributed by atoms with Crippen molar-refractivity contribution in [2.45, 2.75) is 32.6 Å². The molecule has 1 aliphatic heterocycles. The van der Waals surface area contributed by atoms with Crippen LogP contribution in [-0.2, 0) is 16.0 Å². The van der Waals surface area contributed by atoms with Crippen LogP contribution in [0.4, 0.5) is 17.1 Å². The topological polar surface area (TPSA) is 93.4 Å². The molecule has 2 amide bonds. The number of benzene rings is 2. The molecule has 0 unspecified atom stereocenters. The van der Waals surface area contributed by atoms with Gasteiger partial charge in [0, 0.05) is 29.9 Å². The van der Waals surface area contributed by atoms with Gasteiger partial charge in [-0.1, -0.05) is 6.07 Å². The van der Waals surface area contributed by atoms with Gasteiger partial charge in [-0.05, 0) is 61.2 Å². The highest BCUT2D eigenvalue weighted by molar-refractivity contribution is 5.94. The number of rotatable bonds is 6. The number of carbonyl (C=O) groups is 2. The van der Waals surface area contributed by atoms with Crippen LogP contribution in [0.3, 0.4) is 0 Å². The average molecular weight is 353 g/mol. The van der Waals surface area contributed by atoms with Gasteiger partial charge in [-0.3, -0.25) is 9.59 Å². The molecule has 0 aromatic heterocycles. The van der Waals surface area contributed by atoms with E-state index in [-0.39, 0.29) is 11.8 Å². The molecule has 2 aromatic carbocycles. The van der Waals surface area contributed by atoms with E-state index in [2.05, 4.69) is 10.6 Å². The summed E-state index contributed by atoms with van der Waals surface area (Å²) < 4.78 is 5.73. The van der Waals surface area contributed by atoms with E-state index in [0.717, 1.165) is 34.7 Å². The number of carbonyl (C=O) groups excluding carboxylic acids is 2. The van der Waals surface area contributed by atoms with Crippen LogP contribution >= 0.6 is 0 Å². The van der Waals surface area contributed by atoms with Gasteiger partial charge in [0.25, 0.3) is 0 Å². The Hall–Kier alpha value is -3.02. The quantitative estimate of drug-likeness (QED) is 0.549. The first-order valence-electron chi connectivity index (χ1n) is 8.73. The van der Waals surface area contributed by atoms with Crippen molar-refractivity contribution in [3.8, 4) is 5.75 Å². The Morgan fingerprint density at radius 3 is 2.92 bits per heavy atom. The van der Waals surface area contributed by atoms with E-state index >= 15 is 0 Å². The molecule has 4 N–H and O–H groups in total. The van der Waals surface area contributed by atoms with Crippen LogP contribution in [0.5, 0.6) is 5.75 Å². The fraction of sp³-hybridized carbons (Fsp3) is 0.300. The molecule has 0 spiro atoms.